The fourth-order valence-corrected chi connectivity index (χ4v) is 1.94. The van der Waals surface area contributed by atoms with E-state index < -0.39 is 11.9 Å². The molecule has 0 radical (unpaired) electrons. The van der Waals surface area contributed by atoms with E-state index in [-0.39, 0.29) is 11.1 Å². The van der Waals surface area contributed by atoms with Crippen LogP contribution >= 0.6 is 0 Å². The number of aromatic carboxylic acids is 2. The molecule has 0 aliphatic carbocycles. The molecule has 0 aliphatic rings. The highest BCUT2D eigenvalue weighted by Gasteiger charge is 2.16. The van der Waals surface area contributed by atoms with Gasteiger partial charge in [-0.15, -0.1) is 5.10 Å². The molecule has 23 heavy (non-hydrogen) atoms. The molecule has 0 fully saturated rings. The van der Waals surface area contributed by atoms with Gasteiger partial charge < -0.3 is 10.2 Å². The van der Waals surface area contributed by atoms with Gasteiger partial charge in [-0.25, -0.2) is 14.7 Å². The smallest absolute Gasteiger partial charge is 0.336 e. The average molecular weight is 312 g/mol. The van der Waals surface area contributed by atoms with Gasteiger partial charge in [0.05, 0.1) is 11.1 Å². The average Bonchev–Trinajstić information content (AvgIpc) is 3.14. The second kappa shape index (κ2) is 7.46. The summed E-state index contributed by atoms with van der Waals surface area (Å²) >= 11 is 0. The third-order valence-corrected chi connectivity index (χ3v) is 2.87. The van der Waals surface area contributed by atoms with E-state index in [0.29, 0.717) is 11.1 Å². The van der Waals surface area contributed by atoms with E-state index in [2.05, 4.69) is 20.6 Å². The van der Waals surface area contributed by atoms with E-state index in [1.165, 1.54) is 18.5 Å². The van der Waals surface area contributed by atoms with E-state index in [4.69, 9.17) is 10.2 Å². The molecule has 0 atom stereocenters. The van der Waals surface area contributed by atoms with Gasteiger partial charge in [-0.1, -0.05) is 36.4 Å². The van der Waals surface area contributed by atoms with Crippen LogP contribution in [0.1, 0.15) is 20.7 Å². The Bertz CT molecular complexity index is 730. The first-order valence-electron chi connectivity index (χ1n) is 6.43. The normalized spacial score (nSPS) is 9.57. The minimum Gasteiger partial charge on any atom is -0.478 e. The van der Waals surface area contributed by atoms with Crippen LogP contribution in [0.4, 0.5) is 0 Å². The molecule has 0 spiro atoms. The van der Waals surface area contributed by atoms with Crippen molar-refractivity contribution in [2.75, 3.05) is 0 Å². The number of tetrazole rings is 1. The number of hydrogen-bond donors (Lipinski definition) is 3. The Morgan fingerprint density at radius 1 is 0.826 bits per heavy atom. The van der Waals surface area contributed by atoms with E-state index in [1.54, 1.807) is 36.4 Å². The predicted molar refractivity (Wildman–Crippen MR) is 80.0 cm³/mol. The highest BCUT2D eigenvalue weighted by molar-refractivity contribution is 6.02. The third kappa shape index (κ3) is 3.97. The van der Waals surface area contributed by atoms with Crippen molar-refractivity contribution in [1.82, 2.24) is 20.6 Å². The fourth-order valence-electron chi connectivity index (χ4n) is 1.94. The van der Waals surface area contributed by atoms with Gasteiger partial charge in [0.1, 0.15) is 6.33 Å². The van der Waals surface area contributed by atoms with Crippen molar-refractivity contribution in [1.29, 1.82) is 0 Å². The van der Waals surface area contributed by atoms with E-state index >= 15 is 0 Å². The highest BCUT2D eigenvalue weighted by atomic mass is 16.4. The van der Waals surface area contributed by atoms with E-state index in [9.17, 15) is 9.59 Å². The molecule has 0 unspecified atom stereocenters. The van der Waals surface area contributed by atoms with Gasteiger partial charge >= 0.3 is 11.9 Å². The lowest BCUT2D eigenvalue weighted by atomic mass is 9.95. The van der Waals surface area contributed by atoms with Crippen molar-refractivity contribution in [2.24, 2.45) is 0 Å². The first-order chi connectivity index (χ1) is 11.1. The van der Waals surface area contributed by atoms with Crippen LogP contribution in [0.2, 0.25) is 0 Å². The van der Waals surface area contributed by atoms with Crippen LogP contribution in [0.3, 0.4) is 0 Å². The van der Waals surface area contributed by atoms with Gasteiger partial charge in [0.2, 0.25) is 0 Å². The maximum absolute atomic E-state index is 11.1. The second-order valence-corrected chi connectivity index (χ2v) is 4.26. The Kier molecular flexibility index (Phi) is 5.13. The molecule has 0 amide bonds. The first kappa shape index (κ1) is 15.8. The first-order valence-corrected chi connectivity index (χ1v) is 6.43. The molecule has 2 aromatic carbocycles. The molecule has 3 aromatic rings. The van der Waals surface area contributed by atoms with Crippen molar-refractivity contribution in [3.05, 3.63) is 66.0 Å². The van der Waals surface area contributed by atoms with Gasteiger partial charge in [-0.2, -0.15) is 0 Å². The van der Waals surface area contributed by atoms with E-state index in [1.807, 2.05) is 0 Å². The molecule has 0 saturated heterocycles. The Labute approximate surface area is 130 Å². The maximum atomic E-state index is 11.1. The summed E-state index contributed by atoms with van der Waals surface area (Å²) in [5.74, 6) is -2.16. The number of carboxylic acids is 2. The van der Waals surface area contributed by atoms with Crippen molar-refractivity contribution in [2.45, 2.75) is 0 Å². The molecule has 0 saturated carbocycles. The molecule has 1 aromatic heterocycles. The second-order valence-electron chi connectivity index (χ2n) is 4.26. The summed E-state index contributed by atoms with van der Waals surface area (Å²) in [6, 6.07) is 12.7. The summed E-state index contributed by atoms with van der Waals surface area (Å²) in [6.45, 7) is 0. The van der Waals surface area contributed by atoms with Gasteiger partial charge in [0.15, 0.2) is 0 Å². The van der Waals surface area contributed by atoms with Gasteiger partial charge in [0.25, 0.3) is 0 Å². The fraction of sp³-hybridized carbons (Fsp3) is 0. The number of benzene rings is 2. The van der Waals surface area contributed by atoms with Gasteiger partial charge in [0, 0.05) is 0 Å². The molecule has 3 rings (SSSR count). The number of aromatic amines is 1. The number of hydrogen-bond acceptors (Lipinski definition) is 5. The SMILES string of the molecule is O=C(O)c1ccccc1-c1ccccc1C(=O)O.c1nnn[nH]1. The Balaban J connectivity index is 0.000000326. The van der Waals surface area contributed by atoms with Crippen molar-refractivity contribution >= 4 is 11.9 Å². The molecule has 8 nitrogen and oxygen atoms in total. The molecule has 0 bridgehead atoms. The minimum absolute atomic E-state index is 0.0891. The number of carboxylic acid groups (broad SMARTS) is 2. The van der Waals surface area contributed by atoms with Crippen LogP contribution in [0, 0.1) is 0 Å². The molecule has 0 aliphatic heterocycles. The van der Waals surface area contributed by atoms with Crippen LogP contribution < -0.4 is 0 Å². The van der Waals surface area contributed by atoms with Crippen LogP contribution in [-0.4, -0.2) is 42.8 Å². The predicted octanol–water partition coefficient (Wildman–Crippen LogP) is 1.95. The monoisotopic (exact) mass is 312 g/mol. The van der Waals surface area contributed by atoms with Crippen LogP contribution in [0.15, 0.2) is 54.9 Å². The standard InChI is InChI=1S/C14H10O4.CH2N4/c15-13(16)11-7-3-1-5-9(11)10-6-2-4-8-12(10)14(17)18;1-2-4-5-3-1/h1-8H,(H,15,16)(H,17,18);1H,(H,2,3,4,5). The number of nitrogens with zero attached hydrogens (tertiary/aromatic N) is 3. The summed E-state index contributed by atoms with van der Waals surface area (Å²) in [4.78, 5) is 22.3. The van der Waals surface area contributed by atoms with Crippen molar-refractivity contribution in [3.63, 3.8) is 0 Å². The lowest BCUT2D eigenvalue weighted by Crippen LogP contribution is -2.03. The zero-order valence-electron chi connectivity index (χ0n) is 11.7. The van der Waals surface area contributed by atoms with Crippen LogP contribution in [0.5, 0.6) is 0 Å². The topological polar surface area (TPSA) is 129 Å². The summed E-state index contributed by atoms with van der Waals surface area (Å²) in [6.07, 6.45) is 1.40. The van der Waals surface area contributed by atoms with Crippen molar-refractivity contribution < 1.29 is 19.8 Å². The summed E-state index contributed by atoms with van der Waals surface area (Å²) in [5.41, 5.74) is 0.989. The molecule has 116 valence electrons. The van der Waals surface area contributed by atoms with Crippen molar-refractivity contribution in [3.8, 4) is 11.1 Å². The Morgan fingerprint density at radius 2 is 1.30 bits per heavy atom. The third-order valence-electron chi connectivity index (χ3n) is 2.87. The Hall–Kier alpha value is -3.55. The molecular weight excluding hydrogens is 300 g/mol. The highest BCUT2D eigenvalue weighted by Crippen LogP contribution is 2.27. The largest absolute Gasteiger partial charge is 0.478 e. The molecular formula is C15H12N4O4. The number of carbonyl (C=O) groups is 2. The van der Waals surface area contributed by atoms with Crippen LogP contribution in [0.25, 0.3) is 11.1 Å². The van der Waals surface area contributed by atoms with Crippen LogP contribution in [-0.2, 0) is 0 Å². The van der Waals surface area contributed by atoms with Gasteiger partial charge in [-0.3, -0.25) is 0 Å². The summed E-state index contributed by atoms with van der Waals surface area (Å²) < 4.78 is 0. The molecule has 3 N–H and O–H groups in total. The zero-order chi connectivity index (χ0) is 16.7. The number of rotatable bonds is 3. The quantitative estimate of drug-likeness (QED) is 0.674. The summed E-state index contributed by atoms with van der Waals surface area (Å²) in [7, 11) is 0. The lowest BCUT2D eigenvalue weighted by molar-refractivity contribution is 0.0684. The number of aromatic nitrogens is 4. The molecule has 1 heterocycles. The number of nitrogens with one attached hydrogen (secondary N) is 1. The lowest BCUT2D eigenvalue weighted by Gasteiger charge is -2.08. The zero-order valence-corrected chi connectivity index (χ0v) is 11.7. The number of H-pyrrole nitrogens is 1. The van der Waals surface area contributed by atoms with E-state index in [0.717, 1.165) is 0 Å². The summed E-state index contributed by atoms with van der Waals surface area (Å²) in [5, 5.41) is 30.3. The maximum Gasteiger partial charge on any atom is 0.336 e. The Morgan fingerprint density at radius 3 is 1.61 bits per heavy atom. The van der Waals surface area contributed by atoms with Gasteiger partial charge in [-0.05, 0) is 33.7 Å². The molecule has 8 heteroatoms. The minimum atomic E-state index is -1.08.